The summed E-state index contributed by atoms with van der Waals surface area (Å²) < 4.78 is 4.30. The minimum atomic E-state index is -1.35. The molecule has 0 bridgehead atoms. The molecule has 0 aromatic rings. The van der Waals surface area contributed by atoms with Crippen LogP contribution in [0.25, 0.3) is 0 Å². The number of aliphatic hydroxyl groups is 1. The van der Waals surface area contributed by atoms with E-state index in [1.807, 2.05) is 13.8 Å². The molecule has 0 aliphatic rings. The van der Waals surface area contributed by atoms with Crippen LogP contribution in [0.15, 0.2) is 0 Å². The van der Waals surface area contributed by atoms with Crippen molar-refractivity contribution in [1.29, 1.82) is 0 Å². The Morgan fingerprint density at radius 3 is 2.44 bits per heavy atom. The molecule has 6 heteroatoms. The highest BCUT2D eigenvalue weighted by molar-refractivity contribution is 5.82. The second-order valence-electron chi connectivity index (χ2n) is 4.02. The lowest BCUT2D eigenvalue weighted by molar-refractivity contribution is -0.150. The quantitative estimate of drug-likeness (QED) is 0.510. The lowest BCUT2D eigenvalue weighted by Crippen LogP contribution is -2.45. The van der Waals surface area contributed by atoms with Gasteiger partial charge in [0, 0.05) is 0 Å². The fraction of sp³-hybridized carbons (Fsp3) is 0.800. The van der Waals surface area contributed by atoms with Crippen molar-refractivity contribution in [2.45, 2.75) is 32.4 Å². The average Bonchev–Trinajstić information content (AvgIpc) is 2.23. The van der Waals surface area contributed by atoms with E-state index in [9.17, 15) is 14.7 Å². The maximum Gasteiger partial charge on any atom is 0.336 e. The van der Waals surface area contributed by atoms with Gasteiger partial charge in [0.05, 0.1) is 19.7 Å². The van der Waals surface area contributed by atoms with Crippen LogP contribution in [0.4, 0.5) is 0 Å². The molecule has 6 nitrogen and oxygen atoms in total. The Morgan fingerprint density at radius 2 is 2.00 bits per heavy atom. The highest BCUT2D eigenvalue weighted by Gasteiger charge is 2.19. The van der Waals surface area contributed by atoms with Gasteiger partial charge >= 0.3 is 5.97 Å². The van der Waals surface area contributed by atoms with Crippen molar-refractivity contribution in [1.82, 2.24) is 5.32 Å². The van der Waals surface area contributed by atoms with Gasteiger partial charge in [0.25, 0.3) is 0 Å². The van der Waals surface area contributed by atoms with Crippen molar-refractivity contribution in [3.8, 4) is 0 Å². The molecule has 0 aliphatic carbocycles. The number of aliphatic hydroxyl groups excluding tert-OH is 1. The summed E-state index contributed by atoms with van der Waals surface area (Å²) in [6.07, 6.45) is -0.791. The molecule has 0 spiro atoms. The Balaban J connectivity index is 3.93. The van der Waals surface area contributed by atoms with Crippen LogP contribution in [0.3, 0.4) is 0 Å². The minimum Gasteiger partial charge on any atom is -0.467 e. The third kappa shape index (κ3) is 5.67. The van der Waals surface area contributed by atoms with Gasteiger partial charge in [0.2, 0.25) is 5.91 Å². The van der Waals surface area contributed by atoms with E-state index in [4.69, 9.17) is 5.73 Å². The summed E-state index contributed by atoms with van der Waals surface area (Å²) >= 11 is 0. The summed E-state index contributed by atoms with van der Waals surface area (Å²) in [7, 11) is 1.16. The van der Waals surface area contributed by atoms with Crippen LogP contribution in [0, 0.1) is 5.92 Å². The highest BCUT2D eigenvalue weighted by atomic mass is 16.5. The molecule has 1 unspecified atom stereocenters. The molecule has 0 radical (unpaired) electrons. The number of nitrogens with one attached hydrogen (secondary N) is 1. The Morgan fingerprint density at radius 1 is 1.44 bits per heavy atom. The number of hydrogen-bond acceptors (Lipinski definition) is 5. The van der Waals surface area contributed by atoms with Crippen LogP contribution in [0.1, 0.15) is 20.3 Å². The zero-order valence-electron chi connectivity index (χ0n) is 9.90. The largest absolute Gasteiger partial charge is 0.467 e. The molecule has 16 heavy (non-hydrogen) atoms. The first-order chi connectivity index (χ1) is 7.38. The van der Waals surface area contributed by atoms with Crippen molar-refractivity contribution in [3.63, 3.8) is 0 Å². The lowest BCUT2D eigenvalue weighted by atomic mass is 10.0. The van der Waals surface area contributed by atoms with E-state index in [1.54, 1.807) is 0 Å². The number of nitrogens with two attached hydrogens (primary N) is 1. The lowest BCUT2D eigenvalue weighted by Gasteiger charge is -2.15. The Bertz CT molecular complexity index is 243. The molecule has 0 saturated heterocycles. The topological polar surface area (TPSA) is 102 Å². The number of amides is 1. The van der Waals surface area contributed by atoms with Gasteiger partial charge in [0.15, 0.2) is 6.10 Å². The molecule has 0 rings (SSSR count). The van der Waals surface area contributed by atoms with E-state index in [2.05, 4.69) is 10.1 Å². The zero-order chi connectivity index (χ0) is 12.7. The standard InChI is InChI=1S/C10H20N2O4/c1-6(2)4-7(11)9(14)12-5-8(13)10(15)16-3/h6-8,13H,4-5,11H2,1-3H3,(H,12,14)/t7-,8?/m0/s1. The summed E-state index contributed by atoms with van der Waals surface area (Å²) in [6, 6.07) is -0.621. The van der Waals surface area contributed by atoms with Crippen molar-refractivity contribution in [3.05, 3.63) is 0 Å². The molecule has 4 N–H and O–H groups in total. The van der Waals surface area contributed by atoms with Gasteiger partial charge in [-0.25, -0.2) is 4.79 Å². The first-order valence-corrected chi connectivity index (χ1v) is 5.17. The fourth-order valence-electron chi connectivity index (χ4n) is 1.16. The van der Waals surface area contributed by atoms with Crippen molar-refractivity contribution < 1.29 is 19.4 Å². The molecule has 0 fully saturated rings. The van der Waals surface area contributed by atoms with Gasteiger partial charge in [-0.2, -0.15) is 0 Å². The normalized spacial score (nSPS) is 14.4. The number of ether oxygens (including phenoxy) is 1. The van der Waals surface area contributed by atoms with Crippen LogP contribution in [0.2, 0.25) is 0 Å². The molecule has 0 aliphatic heterocycles. The number of carbonyl (C=O) groups excluding carboxylic acids is 2. The van der Waals surface area contributed by atoms with Gasteiger partial charge in [-0.1, -0.05) is 13.8 Å². The van der Waals surface area contributed by atoms with E-state index in [0.29, 0.717) is 12.3 Å². The summed E-state index contributed by atoms with van der Waals surface area (Å²) in [5.74, 6) is -0.847. The maximum absolute atomic E-state index is 11.4. The second-order valence-corrected chi connectivity index (χ2v) is 4.02. The van der Waals surface area contributed by atoms with Gasteiger partial charge < -0.3 is 20.9 Å². The van der Waals surface area contributed by atoms with Gasteiger partial charge in [-0.15, -0.1) is 0 Å². The number of methoxy groups -OCH3 is 1. The van der Waals surface area contributed by atoms with Crippen LogP contribution in [0.5, 0.6) is 0 Å². The number of esters is 1. The molecule has 0 heterocycles. The molecule has 1 amide bonds. The predicted molar refractivity (Wildman–Crippen MR) is 58.5 cm³/mol. The monoisotopic (exact) mass is 232 g/mol. The Labute approximate surface area is 95.1 Å². The summed E-state index contributed by atoms with van der Waals surface area (Å²) in [5, 5.41) is 11.6. The molecule has 0 aromatic carbocycles. The van der Waals surface area contributed by atoms with E-state index < -0.39 is 18.1 Å². The Kier molecular flexibility index (Phi) is 6.67. The summed E-state index contributed by atoms with van der Waals surface area (Å²) in [6.45, 7) is 3.73. The minimum absolute atomic E-state index is 0.183. The maximum atomic E-state index is 11.4. The van der Waals surface area contributed by atoms with E-state index >= 15 is 0 Å². The number of hydrogen-bond donors (Lipinski definition) is 3. The molecule has 94 valence electrons. The van der Waals surface area contributed by atoms with Gasteiger partial charge in [-0.3, -0.25) is 4.79 Å². The number of carbonyl (C=O) groups is 2. The van der Waals surface area contributed by atoms with E-state index in [0.717, 1.165) is 7.11 Å². The first-order valence-electron chi connectivity index (χ1n) is 5.17. The predicted octanol–water partition coefficient (Wildman–Crippen LogP) is -0.990. The van der Waals surface area contributed by atoms with Crippen molar-refractivity contribution in [2.75, 3.05) is 13.7 Å². The SMILES string of the molecule is COC(=O)C(O)CNC(=O)[C@@H](N)CC(C)C. The molecular formula is C10H20N2O4. The van der Waals surface area contributed by atoms with Crippen LogP contribution in [-0.4, -0.2) is 42.8 Å². The zero-order valence-corrected chi connectivity index (χ0v) is 9.90. The molecule has 2 atom stereocenters. The van der Waals surface area contributed by atoms with E-state index in [1.165, 1.54) is 0 Å². The van der Waals surface area contributed by atoms with Crippen LogP contribution in [-0.2, 0) is 14.3 Å². The molecular weight excluding hydrogens is 212 g/mol. The third-order valence-corrected chi connectivity index (χ3v) is 2.01. The Hall–Kier alpha value is -1.14. The first kappa shape index (κ1) is 14.9. The smallest absolute Gasteiger partial charge is 0.336 e. The fourth-order valence-corrected chi connectivity index (χ4v) is 1.16. The molecule has 0 aromatic heterocycles. The second kappa shape index (κ2) is 7.19. The van der Waals surface area contributed by atoms with Crippen molar-refractivity contribution >= 4 is 11.9 Å². The third-order valence-electron chi connectivity index (χ3n) is 2.01. The summed E-state index contributed by atoms with van der Waals surface area (Å²) in [5.41, 5.74) is 5.60. The van der Waals surface area contributed by atoms with Gasteiger partial charge in [0.1, 0.15) is 0 Å². The van der Waals surface area contributed by atoms with Crippen LogP contribution < -0.4 is 11.1 Å². The van der Waals surface area contributed by atoms with Crippen LogP contribution >= 0.6 is 0 Å². The average molecular weight is 232 g/mol. The summed E-state index contributed by atoms with van der Waals surface area (Å²) in [4.78, 5) is 22.2. The molecule has 0 saturated carbocycles. The van der Waals surface area contributed by atoms with Crippen molar-refractivity contribution in [2.24, 2.45) is 11.7 Å². The van der Waals surface area contributed by atoms with E-state index in [-0.39, 0.29) is 12.5 Å². The van der Waals surface area contributed by atoms with Gasteiger partial charge in [-0.05, 0) is 12.3 Å². The highest BCUT2D eigenvalue weighted by Crippen LogP contribution is 2.02. The number of rotatable bonds is 6.